The van der Waals surface area contributed by atoms with Crippen LogP contribution in [0, 0.1) is 0 Å². The van der Waals surface area contributed by atoms with Gasteiger partial charge in [-0.05, 0) is 18.2 Å². The normalized spacial score (nSPS) is 11.2. The number of benzene rings is 1. The van der Waals surface area contributed by atoms with E-state index < -0.39 is 0 Å². The summed E-state index contributed by atoms with van der Waals surface area (Å²) in [6.45, 7) is 0. The predicted octanol–water partition coefficient (Wildman–Crippen LogP) is 2.73. The molecule has 1 aromatic heterocycles. The van der Waals surface area contributed by atoms with Crippen LogP contribution in [0.5, 0.6) is 5.75 Å². The Hall–Kier alpha value is -2.14. The highest BCUT2D eigenvalue weighted by atomic mass is 35.5. The van der Waals surface area contributed by atoms with Crippen LogP contribution in [-0.2, 0) is 11.3 Å². The van der Waals surface area contributed by atoms with Gasteiger partial charge >= 0.3 is 0 Å². The third kappa shape index (κ3) is 3.45. The monoisotopic (exact) mass is 291 g/mol. The topological polar surface area (TPSA) is 56.6 Å². The molecular weight excluding hydrogens is 278 g/mol. The lowest BCUT2D eigenvalue weighted by atomic mass is 10.0. The van der Waals surface area contributed by atoms with E-state index in [1.165, 1.54) is 7.11 Å². The van der Waals surface area contributed by atoms with E-state index in [4.69, 9.17) is 21.2 Å². The van der Waals surface area contributed by atoms with Crippen molar-refractivity contribution in [3.63, 3.8) is 0 Å². The van der Waals surface area contributed by atoms with Gasteiger partial charge in [-0.15, -0.1) is 0 Å². The van der Waals surface area contributed by atoms with Gasteiger partial charge in [0.05, 0.1) is 18.5 Å². The highest BCUT2D eigenvalue weighted by Gasteiger charge is 2.13. The van der Waals surface area contributed by atoms with E-state index in [-0.39, 0.29) is 0 Å². The Balaban J connectivity index is 2.37. The summed E-state index contributed by atoms with van der Waals surface area (Å²) in [4.78, 5) is 13.2. The fourth-order valence-corrected chi connectivity index (χ4v) is 1.95. The van der Waals surface area contributed by atoms with Crippen LogP contribution in [0.4, 0.5) is 0 Å². The Morgan fingerprint density at radius 2 is 2.15 bits per heavy atom. The summed E-state index contributed by atoms with van der Waals surface area (Å²) >= 11 is 5.96. The third-order valence-corrected chi connectivity index (χ3v) is 2.88. The van der Waals surface area contributed by atoms with E-state index in [0.717, 1.165) is 11.3 Å². The van der Waals surface area contributed by atoms with Gasteiger partial charge in [0.25, 0.3) is 0 Å². The van der Waals surface area contributed by atoms with Crippen molar-refractivity contribution in [1.29, 1.82) is 0 Å². The van der Waals surface area contributed by atoms with Crippen molar-refractivity contribution in [3.8, 4) is 5.75 Å². The Morgan fingerprint density at radius 1 is 1.30 bits per heavy atom. The fraction of sp³-hybridized carbons (Fsp3) is 0.214. The van der Waals surface area contributed by atoms with E-state index in [1.54, 1.807) is 37.8 Å². The van der Waals surface area contributed by atoms with Gasteiger partial charge in [-0.3, -0.25) is 9.97 Å². The number of aromatic nitrogens is 2. The first-order valence-electron chi connectivity index (χ1n) is 5.93. The van der Waals surface area contributed by atoms with E-state index >= 15 is 0 Å². The van der Waals surface area contributed by atoms with Gasteiger partial charge in [-0.1, -0.05) is 16.8 Å². The van der Waals surface area contributed by atoms with Crippen LogP contribution in [0.3, 0.4) is 0 Å². The molecule has 104 valence electrons. The molecule has 0 aliphatic heterocycles. The highest BCUT2D eigenvalue weighted by Crippen LogP contribution is 2.24. The number of methoxy groups -OCH3 is 1. The summed E-state index contributed by atoms with van der Waals surface area (Å²) < 4.78 is 5.33. The summed E-state index contributed by atoms with van der Waals surface area (Å²) in [5, 5.41) is 4.65. The van der Waals surface area contributed by atoms with Gasteiger partial charge < -0.3 is 9.57 Å². The Labute approximate surface area is 122 Å². The molecule has 0 N–H and O–H groups in total. The van der Waals surface area contributed by atoms with Crippen molar-refractivity contribution in [2.24, 2.45) is 5.16 Å². The highest BCUT2D eigenvalue weighted by molar-refractivity contribution is 6.30. The minimum absolute atomic E-state index is 0.486. The average molecular weight is 292 g/mol. The molecule has 1 aromatic carbocycles. The van der Waals surface area contributed by atoms with Crippen molar-refractivity contribution in [3.05, 3.63) is 53.1 Å². The smallest absolute Gasteiger partial charge is 0.129 e. The average Bonchev–Trinajstić information content (AvgIpc) is 2.48. The molecule has 20 heavy (non-hydrogen) atoms. The van der Waals surface area contributed by atoms with Gasteiger partial charge in [-0.2, -0.15) is 0 Å². The quantitative estimate of drug-likeness (QED) is 0.628. The maximum absolute atomic E-state index is 5.96. The van der Waals surface area contributed by atoms with Crippen molar-refractivity contribution < 1.29 is 9.57 Å². The summed E-state index contributed by atoms with van der Waals surface area (Å²) in [6.07, 6.45) is 5.44. The maximum atomic E-state index is 5.96. The van der Waals surface area contributed by atoms with E-state index in [1.807, 2.05) is 6.07 Å². The molecule has 0 amide bonds. The number of hydrogen-bond acceptors (Lipinski definition) is 5. The van der Waals surface area contributed by atoms with Crippen LogP contribution in [-0.4, -0.2) is 29.9 Å². The molecule has 6 heteroatoms. The summed E-state index contributed by atoms with van der Waals surface area (Å²) in [6, 6.07) is 5.36. The molecule has 2 aromatic rings. The number of ether oxygens (including phenoxy) is 1. The second kappa shape index (κ2) is 6.86. The van der Waals surface area contributed by atoms with E-state index in [2.05, 4.69) is 15.1 Å². The molecule has 0 saturated carbocycles. The van der Waals surface area contributed by atoms with Crippen molar-refractivity contribution in [2.45, 2.75) is 6.42 Å². The zero-order valence-corrected chi connectivity index (χ0v) is 12.0. The van der Waals surface area contributed by atoms with Crippen LogP contribution in [0.1, 0.15) is 11.3 Å². The summed E-state index contributed by atoms with van der Waals surface area (Å²) in [5.74, 6) is 0.636. The van der Waals surface area contributed by atoms with Crippen molar-refractivity contribution in [2.75, 3.05) is 14.2 Å². The lowest BCUT2D eigenvalue weighted by Crippen LogP contribution is -2.09. The number of rotatable bonds is 5. The standard InChI is InChI=1S/C14H14ClN3O2/c1-19-14-7-10(15)3-4-12(14)13(18-20-2)8-11-9-16-5-6-17-11/h3-7,9H,8H2,1-2H3. The molecule has 0 saturated heterocycles. The summed E-state index contributed by atoms with van der Waals surface area (Å²) in [7, 11) is 3.08. The fourth-order valence-electron chi connectivity index (χ4n) is 1.78. The van der Waals surface area contributed by atoms with Gasteiger partial charge in [-0.25, -0.2) is 0 Å². The van der Waals surface area contributed by atoms with E-state index in [9.17, 15) is 0 Å². The van der Waals surface area contributed by atoms with Crippen LogP contribution < -0.4 is 4.74 Å². The molecule has 5 nitrogen and oxygen atoms in total. The molecule has 2 rings (SSSR count). The first-order chi connectivity index (χ1) is 9.74. The lowest BCUT2D eigenvalue weighted by molar-refractivity contribution is 0.213. The molecule has 0 aliphatic carbocycles. The van der Waals surface area contributed by atoms with Gasteiger partial charge in [0.1, 0.15) is 12.9 Å². The predicted molar refractivity (Wildman–Crippen MR) is 77.3 cm³/mol. The number of hydrogen-bond donors (Lipinski definition) is 0. The van der Waals surface area contributed by atoms with Crippen LogP contribution >= 0.6 is 11.6 Å². The molecule has 0 radical (unpaired) electrons. The van der Waals surface area contributed by atoms with Crippen LogP contribution in [0.25, 0.3) is 0 Å². The Bertz CT molecular complexity index is 603. The molecule has 0 fully saturated rings. The Morgan fingerprint density at radius 3 is 2.80 bits per heavy atom. The number of nitrogens with zero attached hydrogens (tertiary/aromatic N) is 3. The zero-order chi connectivity index (χ0) is 14.4. The largest absolute Gasteiger partial charge is 0.496 e. The number of halogens is 1. The minimum atomic E-state index is 0.486. The molecule has 0 atom stereocenters. The second-order valence-corrected chi connectivity index (χ2v) is 4.38. The molecule has 1 heterocycles. The summed E-state index contributed by atoms with van der Waals surface area (Å²) in [5.41, 5.74) is 2.30. The maximum Gasteiger partial charge on any atom is 0.129 e. The van der Waals surface area contributed by atoms with Crippen molar-refractivity contribution >= 4 is 17.3 Å². The third-order valence-electron chi connectivity index (χ3n) is 2.64. The molecular formula is C14H14ClN3O2. The van der Waals surface area contributed by atoms with E-state index in [0.29, 0.717) is 22.9 Å². The minimum Gasteiger partial charge on any atom is -0.496 e. The second-order valence-electron chi connectivity index (χ2n) is 3.94. The SMILES string of the molecule is CON=C(Cc1cnccn1)c1ccc(Cl)cc1OC. The van der Waals surface area contributed by atoms with Gasteiger partial charge in [0.2, 0.25) is 0 Å². The molecule has 0 spiro atoms. The van der Waals surface area contributed by atoms with Gasteiger partial charge in [0.15, 0.2) is 0 Å². The molecule has 0 unspecified atom stereocenters. The first-order valence-corrected chi connectivity index (χ1v) is 6.31. The van der Waals surface area contributed by atoms with Gasteiger partial charge in [0, 0.05) is 35.6 Å². The van der Waals surface area contributed by atoms with Crippen LogP contribution in [0.2, 0.25) is 5.02 Å². The number of oxime groups is 1. The molecule has 0 aliphatic rings. The van der Waals surface area contributed by atoms with Crippen LogP contribution in [0.15, 0.2) is 41.9 Å². The zero-order valence-electron chi connectivity index (χ0n) is 11.2. The molecule has 0 bridgehead atoms. The van der Waals surface area contributed by atoms with Crippen molar-refractivity contribution in [1.82, 2.24) is 9.97 Å². The lowest BCUT2D eigenvalue weighted by Gasteiger charge is -2.10. The first kappa shape index (κ1) is 14.3. The Kier molecular flexibility index (Phi) is 4.90.